The van der Waals surface area contributed by atoms with Crippen molar-refractivity contribution in [3.05, 3.63) is 46.8 Å². The van der Waals surface area contributed by atoms with Gasteiger partial charge in [0, 0.05) is 10.6 Å². The fraction of sp³-hybridized carbons (Fsp3) is 0.250. The molecule has 0 fully saturated rings. The lowest BCUT2D eigenvalue weighted by molar-refractivity contribution is -0.121. The van der Waals surface area contributed by atoms with Crippen LogP contribution in [0.5, 0.6) is 0 Å². The summed E-state index contributed by atoms with van der Waals surface area (Å²) >= 11 is 5.86. The van der Waals surface area contributed by atoms with E-state index in [1.165, 1.54) is 18.5 Å². The van der Waals surface area contributed by atoms with Gasteiger partial charge in [0.2, 0.25) is 5.91 Å². The van der Waals surface area contributed by atoms with Crippen molar-refractivity contribution < 1.29 is 9.18 Å². The topological polar surface area (TPSA) is 70.7 Å². The van der Waals surface area contributed by atoms with E-state index in [1.54, 1.807) is 13.0 Å². The Labute approximate surface area is 114 Å². The van der Waals surface area contributed by atoms with Crippen LogP contribution in [0.15, 0.2) is 24.5 Å². The molecule has 1 heterocycles. The molecule has 0 radical (unpaired) electrons. The highest BCUT2D eigenvalue weighted by atomic mass is 35.5. The van der Waals surface area contributed by atoms with Gasteiger partial charge in [-0.3, -0.25) is 9.89 Å². The number of halogens is 2. The van der Waals surface area contributed by atoms with Crippen molar-refractivity contribution in [3.63, 3.8) is 0 Å². The molecule has 1 aromatic heterocycles. The first-order valence-corrected chi connectivity index (χ1v) is 6.03. The molecule has 5 nitrogen and oxygen atoms in total. The summed E-state index contributed by atoms with van der Waals surface area (Å²) in [5.74, 6) is -0.293. The molecule has 0 spiro atoms. The van der Waals surface area contributed by atoms with Crippen LogP contribution in [0.25, 0.3) is 0 Å². The molecule has 0 aliphatic carbocycles. The lowest BCUT2D eigenvalue weighted by Crippen LogP contribution is -2.29. The molecule has 19 heavy (non-hydrogen) atoms. The molecule has 1 amide bonds. The van der Waals surface area contributed by atoms with Crippen LogP contribution in [-0.4, -0.2) is 21.1 Å². The van der Waals surface area contributed by atoms with E-state index in [9.17, 15) is 9.18 Å². The number of nitrogens with zero attached hydrogens (tertiary/aromatic N) is 2. The zero-order valence-corrected chi connectivity index (χ0v) is 10.9. The maximum Gasteiger partial charge on any atom is 0.225 e. The quantitative estimate of drug-likeness (QED) is 0.901. The first-order chi connectivity index (χ1) is 9.08. The van der Waals surface area contributed by atoms with Gasteiger partial charge in [0.25, 0.3) is 0 Å². The van der Waals surface area contributed by atoms with Crippen LogP contribution in [0.3, 0.4) is 0 Å². The molecule has 2 N–H and O–H groups in total. The number of amides is 1. The Morgan fingerprint density at radius 2 is 2.37 bits per heavy atom. The molecule has 1 aromatic carbocycles. The standard InChI is InChI=1S/C12H12ClFN4O/c1-7(12-15-6-16-18-12)17-11(19)5-8-9(13)3-2-4-10(8)14/h2-4,6-7H,5H2,1H3,(H,17,19)(H,15,16,18). The number of rotatable bonds is 4. The second-order valence-corrected chi connectivity index (χ2v) is 4.44. The van der Waals surface area contributed by atoms with Gasteiger partial charge in [0.15, 0.2) is 0 Å². The third-order valence-electron chi connectivity index (χ3n) is 2.62. The van der Waals surface area contributed by atoms with Gasteiger partial charge in [0.1, 0.15) is 18.0 Å². The zero-order valence-electron chi connectivity index (χ0n) is 10.2. The SMILES string of the molecule is CC(NC(=O)Cc1c(F)cccc1Cl)c1ncn[nH]1. The average Bonchev–Trinajstić information content (AvgIpc) is 2.88. The number of H-pyrrole nitrogens is 1. The molecular weight excluding hydrogens is 271 g/mol. The van der Waals surface area contributed by atoms with E-state index in [1.807, 2.05) is 0 Å². The lowest BCUT2D eigenvalue weighted by atomic mass is 10.1. The highest BCUT2D eigenvalue weighted by Gasteiger charge is 2.15. The van der Waals surface area contributed by atoms with Gasteiger partial charge in [-0.25, -0.2) is 9.37 Å². The summed E-state index contributed by atoms with van der Waals surface area (Å²) < 4.78 is 13.5. The summed E-state index contributed by atoms with van der Waals surface area (Å²) in [6.07, 6.45) is 1.23. The Morgan fingerprint density at radius 1 is 1.58 bits per heavy atom. The van der Waals surface area contributed by atoms with Crippen molar-refractivity contribution in [1.82, 2.24) is 20.5 Å². The second-order valence-electron chi connectivity index (χ2n) is 4.04. The van der Waals surface area contributed by atoms with Crippen LogP contribution in [0.2, 0.25) is 5.02 Å². The van der Waals surface area contributed by atoms with Gasteiger partial charge in [0.05, 0.1) is 12.5 Å². The fourth-order valence-electron chi connectivity index (χ4n) is 1.65. The lowest BCUT2D eigenvalue weighted by Gasteiger charge is -2.11. The third kappa shape index (κ3) is 3.29. The predicted molar refractivity (Wildman–Crippen MR) is 68.1 cm³/mol. The second kappa shape index (κ2) is 5.79. The Bertz CT molecular complexity index is 553. The molecule has 0 saturated heterocycles. The minimum atomic E-state index is -0.491. The minimum Gasteiger partial charge on any atom is -0.346 e. The van der Waals surface area contributed by atoms with Crippen LogP contribution in [-0.2, 0) is 11.2 Å². The predicted octanol–water partition coefficient (Wildman–Crippen LogP) is 2.02. The number of aromatic amines is 1. The third-order valence-corrected chi connectivity index (χ3v) is 2.97. The monoisotopic (exact) mass is 282 g/mol. The molecule has 7 heteroatoms. The Kier molecular flexibility index (Phi) is 4.11. The normalized spacial score (nSPS) is 12.2. The summed E-state index contributed by atoms with van der Waals surface area (Å²) in [6, 6.07) is 3.98. The summed E-state index contributed by atoms with van der Waals surface area (Å²) in [7, 11) is 0. The summed E-state index contributed by atoms with van der Waals surface area (Å²) in [5.41, 5.74) is 0.187. The van der Waals surface area contributed by atoms with E-state index in [4.69, 9.17) is 11.6 Å². The molecule has 2 aromatic rings. The fourth-order valence-corrected chi connectivity index (χ4v) is 1.88. The molecule has 0 aliphatic rings. The highest BCUT2D eigenvalue weighted by Crippen LogP contribution is 2.19. The molecular formula is C12H12ClFN4O. The summed E-state index contributed by atoms with van der Waals surface area (Å²) in [6.45, 7) is 1.75. The van der Waals surface area contributed by atoms with E-state index in [0.717, 1.165) is 0 Å². The number of hydrogen-bond acceptors (Lipinski definition) is 3. The van der Waals surface area contributed by atoms with E-state index in [0.29, 0.717) is 5.82 Å². The first kappa shape index (κ1) is 13.5. The van der Waals surface area contributed by atoms with E-state index in [2.05, 4.69) is 20.5 Å². The maximum absolute atomic E-state index is 13.5. The van der Waals surface area contributed by atoms with Crippen molar-refractivity contribution >= 4 is 17.5 Å². The largest absolute Gasteiger partial charge is 0.346 e. The van der Waals surface area contributed by atoms with Gasteiger partial charge < -0.3 is 5.32 Å². The van der Waals surface area contributed by atoms with Crippen LogP contribution in [0.4, 0.5) is 4.39 Å². The molecule has 1 atom stereocenters. The number of carbonyl (C=O) groups is 1. The Morgan fingerprint density at radius 3 is 3.00 bits per heavy atom. The van der Waals surface area contributed by atoms with Crippen molar-refractivity contribution in [2.75, 3.05) is 0 Å². The van der Waals surface area contributed by atoms with Crippen LogP contribution in [0.1, 0.15) is 24.4 Å². The Hall–Kier alpha value is -1.95. The summed E-state index contributed by atoms with van der Waals surface area (Å²) in [5, 5.41) is 9.27. The molecule has 0 bridgehead atoms. The van der Waals surface area contributed by atoms with Gasteiger partial charge in [-0.1, -0.05) is 17.7 Å². The number of hydrogen-bond donors (Lipinski definition) is 2. The number of aromatic nitrogens is 3. The molecule has 0 saturated carbocycles. The zero-order chi connectivity index (χ0) is 13.8. The van der Waals surface area contributed by atoms with Crippen molar-refractivity contribution in [2.45, 2.75) is 19.4 Å². The van der Waals surface area contributed by atoms with Crippen molar-refractivity contribution in [1.29, 1.82) is 0 Å². The van der Waals surface area contributed by atoms with Crippen molar-refractivity contribution in [3.8, 4) is 0 Å². The van der Waals surface area contributed by atoms with E-state index >= 15 is 0 Å². The number of carbonyl (C=O) groups excluding carboxylic acids is 1. The average molecular weight is 283 g/mol. The van der Waals surface area contributed by atoms with E-state index in [-0.39, 0.29) is 29.0 Å². The van der Waals surface area contributed by atoms with Gasteiger partial charge in [-0.15, -0.1) is 0 Å². The van der Waals surface area contributed by atoms with Crippen LogP contribution < -0.4 is 5.32 Å². The molecule has 2 rings (SSSR count). The van der Waals surface area contributed by atoms with Gasteiger partial charge >= 0.3 is 0 Å². The van der Waals surface area contributed by atoms with Crippen molar-refractivity contribution in [2.24, 2.45) is 0 Å². The summed E-state index contributed by atoms with van der Waals surface area (Å²) in [4.78, 5) is 15.8. The Balaban J connectivity index is 2.02. The van der Waals surface area contributed by atoms with E-state index < -0.39 is 5.82 Å². The molecule has 100 valence electrons. The highest BCUT2D eigenvalue weighted by molar-refractivity contribution is 6.31. The van der Waals surface area contributed by atoms with Crippen LogP contribution >= 0.6 is 11.6 Å². The van der Waals surface area contributed by atoms with Crippen LogP contribution in [0, 0.1) is 5.82 Å². The number of benzene rings is 1. The van der Waals surface area contributed by atoms with Gasteiger partial charge in [-0.05, 0) is 19.1 Å². The minimum absolute atomic E-state index is 0.121. The molecule has 1 unspecified atom stereocenters. The first-order valence-electron chi connectivity index (χ1n) is 5.65. The number of nitrogens with one attached hydrogen (secondary N) is 2. The van der Waals surface area contributed by atoms with Gasteiger partial charge in [-0.2, -0.15) is 5.10 Å². The smallest absolute Gasteiger partial charge is 0.225 e. The molecule has 0 aliphatic heterocycles. The maximum atomic E-state index is 13.5.